The molecule has 0 aliphatic carbocycles. The lowest BCUT2D eigenvalue weighted by Crippen LogP contribution is -2.55. The van der Waals surface area contributed by atoms with Crippen LogP contribution in [0.4, 0.5) is 0 Å². The van der Waals surface area contributed by atoms with E-state index in [1.54, 1.807) is 12.1 Å². The molecule has 12 nitrogen and oxygen atoms in total. The van der Waals surface area contributed by atoms with Crippen molar-refractivity contribution in [2.75, 3.05) is 19.6 Å². The van der Waals surface area contributed by atoms with Crippen LogP contribution in [0.3, 0.4) is 0 Å². The molecule has 1 aromatic carbocycles. The SMILES string of the molecule is CC(C)C[C@H](NC(=O)CNC(=O)[C@@H](N)Cc1ccc(O)cc1)C(=O)N1CCC[C@H]1C(=O)NCC(N)=O. The zero-order valence-electron chi connectivity index (χ0n) is 20.7. The molecule has 2 rings (SSSR count). The number of likely N-dealkylation sites (tertiary alicyclic amines) is 1. The summed E-state index contributed by atoms with van der Waals surface area (Å²) in [4.78, 5) is 63.0. The number of amides is 5. The predicted octanol–water partition coefficient (Wildman–Crippen LogP) is -1.50. The molecule has 36 heavy (non-hydrogen) atoms. The molecule has 198 valence electrons. The highest BCUT2D eigenvalue weighted by atomic mass is 16.3. The van der Waals surface area contributed by atoms with Crippen LogP contribution in [0.25, 0.3) is 0 Å². The minimum absolute atomic E-state index is 0.0670. The lowest BCUT2D eigenvalue weighted by Gasteiger charge is -2.29. The monoisotopic (exact) mass is 504 g/mol. The van der Waals surface area contributed by atoms with Gasteiger partial charge in [-0.15, -0.1) is 0 Å². The fourth-order valence-electron chi connectivity index (χ4n) is 4.01. The fraction of sp³-hybridized carbons (Fsp3) is 0.542. The molecule has 3 atom stereocenters. The summed E-state index contributed by atoms with van der Waals surface area (Å²) in [6, 6.07) is 3.75. The smallest absolute Gasteiger partial charge is 0.245 e. The van der Waals surface area contributed by atoms with Crippen LogP contribution >= 0.6 is 0 Å². The van der Waals surface area contributed by atoms with E-state index in [0.717, 1.165) is 5.56 Å². The van der Waals surface area contributed by atoms with E-state index in [4.69, 9.17) is 11.5 Å². The Bertz CT molecular complexity index is 951. The van der Waals surface area contributed by atoms with Crippen LogP contribution in [-0.2, 0) is 30.4 Å². The molecule has 0 aromatic heterocycles. The second kappa shape index (κ2) is 13.4. The number of hydrogen-bond acceptors (Lipinski definition) is 7. The second-order valence-corrected chi connectivity index (χ2v) is 9.32. The van der Waals surface area contributed by atoms with Gasteiger partial charge in [0, 0.05) is 6.54 Å². The van der Waals surface area contributed by atoms with E-state index in [1.165, 1.54) is 17.0 Å². The molecular formula is C24H36N6O6. The Labute approximate surface area is 210 Å². The number of phenolic OH excluding ortho intramolecular Hbond substituents is 1. The van der Waals surface area contributed by atoms with Crippen molar-refractivity contribution in [2.24, 2.45) is 17.4 Å². The van der Waals surface area contributed by atoms with E-state index in [-0.39, 0.29) is 31.2 Å². The van der Waals surface area contributed by atoms with Crippen molar-refractivity contribution in [2.45, 2.75) is 57.7 Å². The van der Waals surface area contributed by atoms with Crippen molar-refractivity contribution in [3.8, 4) is 5.75 Å². The third kappa shape index (κ3) is 8.84. The van der Waals surface area contributed by atoms with E-state index in [1.807, 2.05) is 13.8 Å². The number of benzene rings is 1. The maximum absolute atomic E-state index is 13.3. The molecule has 1 fully saturated rings. The summed E-state index contributed by atoms with van der Waals surface area (Å²) in [7, 11) is 0. The summed E-state index contributed by atoms with van der Waals surface area (Å²) < 4.78 is 0. The van der Waals surface area contributed by atoms with E-state index >= 15 is 0 Å². The summed E-state index contributed by atoms with van der Waals surface area (Å²) in [5, 5.41) is 16.9. The van der Waals surface area contributed by atoms with Crippen LogP contribution in [0.5, 0.6) is 5.75 Å². The number of nitrogens with zero attached hydrogens (tertiary/aromatic N) is 1. The van der Waals surface area contributed by atoms with Crippen molar-refractivity contribution in [1.82, 2.24) is 20.9 Å². The molecule has 1 aromatic rings. The Morgan fingerprint density at radius 3 is 2.36 bits per heavy atom. The first-order valence-electron chi connectivity index (χ1n) is 11.9. The van der Waals surface area contributed by atoms with E-state index in [2.05, 4.69) is 16.0 Å². The molecule has 1 heterocycles. The number of nitrogens with two attached hydrogens (primary N) is 2. The maximum Gasteiger partial charge on any atom is 0.245 e. The molecule has 0 bridgehead atoms. The molecule has 1 saturated heterocycles. The van der Waals surface area contributed by atoms with Gasteiger partial charge in [0.15, 0.2) is 0 Å². The Kier molecular flexibility index (Phi) is 10.7. The summed E-state index contributed by atoms with van der Waals surface area (Å²) in [6.45, 7) is 3.46. The van der Waals surface area contributed by atoms with E-state index in [0.29, 0.717) is 25.8 Å². The Balaban J connectivity index is 1.93. The third-order valence-corrected chi connectivity index (χ3v) is 5.77. The molecule has 0 saturated carbocycles. The Hall–Kier alpha value is -3.67. The molecule has 8 N–H and O–H groups in total. The first kappa shape index (κ1) is 28.6. The molecule has 0 spiro atoms. The minimum atomic E-state index is -0.903. The van der Waals surface area contributed by atoms with Gasteiger partial charge in [-0.3, -0.25) is 24.0 Å². The van der Waals surface area contributed by atoms with Crippen LogP contribution in [0.2, 0.25) is 0 Å². The van der Waals surface area contributed by atoms with Gasteiger partial charge in [-0.25, -0.2) is 0 Å². The van der Waals surface area contributed by atoms with Crippen LogP contribution in [0, 0.1) is 5.92 Å². The van der Waals surface area contributed by atoms with Gasteiger partial charge in [-0.2, -0.15) is 0 Å². The number of hydrogen-bond donors (Lipinski definition) is 6. The Morgan fingerprint density at radius 1 is 1.08 bits per heavy atom. The fourth-order valence-corrected chi connectivity index (χ4v) is 4.01. The molecule has 1 aliphatic rings. The van der Waals surface area contributed by atoms with Crippen molar-refractivity contribution in [3.63, 3.8) is 0 Å². The van der Waals surface area contributed by atoms with E-state index < -0.39 is 47.7 Å². The van der Waals surface area contributed by atoms with Crippen LogP contribution in [0.1, 0.15) is 38.7 Å². The number of aromatic hydroxyl groups is 1. The molecule has 1 aliphatic heterocycles. The standard InChI is InChI=1S/C24H36N6O6/c1-14(2)10-18(24(36)30-9-3-4-19(30)23(35)27-12-20(26)32)29-21(33)13-28-22(34)17(25)11-15-5-7-16(31)8-6-15/h5-8,14,17-19,31H,3-4,9-13,25H2,1-2H3,(H2,26,32)(H,27,35)(H,28,34)(H,29,33)/t17-,18-,19-/m0/s1. The van der Waals surface area contributed by atoms with Gasteiger partial charge < -0.3 is 37.4 Å². The highest BCUT2D eigenvalue weighted by Gasteiger charge is 2.37. The van der Waals surface area contributed by atoms with Crippen molar-refractivity contribution < 1.29 is 29.1 Å². The van der Waals surface area contributed by atoms with E-state index in [9.17, 15) is 29.1 Å². The summed E-state index contributed by atoms with van der Waals surface area (Å²) >= 11 is 0. The first-order chi connectivity index (χ1) is 17.0. The minimum Gasteiger partial charge on any atom is -0.508 e. The maximum atomic E-state index is 13.3. The normalized spacial score (nSPS) is 16.8. The van der Waals surface area contributed by atoms with Crippen molar-refractivity contribution in [3.05, 3.63) is 29.8 Å². The van der Waals surface area contributed by atoms with Gasteiger partial charge in [-0.1, -0.05) is 26.0 Å². The van der Waals surface area contributed by atoms with Gasteiger partial charge >= 0.3 is 0 Å². The predicted molar refractivity (Wildman–Crippen MR) is 131 cm³/mol. The van der Waals surface area contributed by atoms with Gasteiger partial charge in [0.2, 0.25) is 29.5 Å². The quantitative estimate of drug-likeness (QED) is 0.199. The van der Waals surface area contributed by atoms with Crippen LogP contribution in [-0.4, -0.2) is 77.3 Å². The van der Waals surface area contributed by atoms with Crippen molar-refractivity contribution >= 4 is 29.5 Å². The lowest BCUT2D eigenvalue weighted by molar-refractivity contribution is -0.142. The zero-order chi connectivity index (χ0) is 26.8. The lowest BCUT2D eigenvalue weighted by atomic mass is 10.0. The number of carbonyl (C=O) groups excluding carboxylic acids is 5. The summed E-state index contributed by atoms with van der Waals surface area (Å²) in [5.74, 6) is -2.48. The first-order valence-corrected chi connectivity index (χ1v) is 11.9. The largest absolute Gasteiger partial charge is 0.508 e. The Morgan fingerprint density at radius 2 is 1.75 bits per heavy atom. The van der Waals surface area contributed by atoms with Gasteiger partial charge in [0.05, 0.1) is 19.1 Å². The highest BCUT2D eigenvalue weighted by molar-refractivity contribution is 5.94. The van der Waals surface area contributed by atoms with Crippen molar-refractivity contribution in [1.29, 1.82) is 0 Å². The number of primary amides is 1. The van der Waals surface area contributed by atoms with Gasteiger partial charge in [0.25, 0.3) is 0 Å². The summed E-state index contributed by atoms with van der Waals surface area (Å²) in [5.41, 5.74) is 11.8. The van der Waals surface area contributed by atoms with Gasteiger partial charge in [0.1, 0.15) is 17.8 Å². The topological polar surface area (TPSA) is 197 Å². The average Bonchev–Trinajstić information content (AvgIpc) is 3.31. The average molecular weight is 505 g/mol. The molecule has 0 unspecified atom stereocenters. The summed E-state index contributed by atoms with van der Waals surface area (Å²) in [6.07, 6.45) is 1.60. The molecule has 0 radical (unpaired) electrons. The van der Waals surface area contributed by atoms with Gasteiger partial charge in [-0.05, 0) is 49.3 Å². The zero-order valence-corrected chi connectivity index (χ0v) is 20.7. The number of nitrogens with one attached hydrogen (secondary N) is 3. The number of phenols is 1. The number of carbonyl (C=O) groups is 5. The molecule has 5 amide bonds. The molecule has 12 heteroatoms. The molecular weight excluding hydrogens is 468 g/mol. The van der Waals surface area contributed by atoms with Crippen LogP contribution in [0.15, 0.2) is 24.3 Å². The highest BCUT2D eigenvalue weighted by Crippen LogP contribution is 2.20. The number of rotatable bonds is 12. The van der Waals surface area contributed by atoms with Crippen LogP contribution < -0.4 is 27.4 Å². The third-order valence-electron chi connectivity index (χ3n) is 5.77. The second-order valence-electron chi connectivity index (χ2n) is 9.32.